The van der Waals surface area contributed by atoms with Crippen LogP contribution in [0.1, 0.15) is 0 Å². The molecule has 2 heterocycles. The van der Waals surface area contributed by atoms with E-state index in [1.54, 1.807) is 10.7 Å². The van der Waals surface area contributed by atoms with Crippen LogP contribution in [0.2, 0.25) is 0 Å². The summed E-state index contributed by atoms with van der Waals surface area (Å²) in [5, 5.41) is 15.1. The quantitative estimate of drug-likeness (QED) is 0.469. The van der Waals surface area contributed by atoms with Crippen molar-refractivity contribution in [3.8, 4) is 5.69 Å². The number of tetrazole rings is 1. The minimum atomic E-state index is -0.166. The zero-order valence-electron chi connectivity index (χ0n) is 13.0. The number of benzene rings is 2. The van der Waals surface area contributed by atoms with Gasteiger partial charge in [-0.25, -0.2) is 0 Å². The topological polar surface area (TPSA) is 98.5 Å². The molecule has 1 N–H and O–H groups in total. The van der Waals surface area contributed by atoms with Gasteiger partial charge in [0.15, 0.2) is 0 Å². The van der Waals surface area contributed by atoms with Gasteiger partial charge in [0, 0.05) is 4.47 Å². The maximum absolute atomic E-state index is 12.3. The van der Waals surface area contributed by atoms with Crippen LogP contribution in [0.5, 0.6) is 0 Å². The van der Waals surface area contributed by atoms with Crippen LogP contribution in [-0.2, 0) is 4.79 Å². The lowest BCUT2D eigenvalue weighted by atomic mass is 10.2. The van der Waals surface area contributed by atoms with E-state index in [0.717, 1.165) is 27.4 Å². The third-order valence-corrected chi connectivity index (χ3v) is 5.40. The van der Waals surface area contributed by atoms with Gasteiger partial charge in [-0.05, 0) is 46.8 Å². The van der Waals surface area contributed by atoms with Crippen LogP contribution in [0.4, 0.5) is 5.69 Å². The fourth-order valence-electron chi connectivity index (χ4n) is 2.24. The molecule has 0 saturated carbocycles. The molecule has 2 aromatic heterocycles. The summed E-state index contributed by atoms with van der Waals surface area (Å²) in [6, 6.07) is 13.1. The molecule has 1 amide bonds. The third kappa shape index (κ3) is 3.59. The lowest BCUT2D eigenvalue weighted by molar-refractivity contribution is -0.113. The van der Waals surface area contributed by atoms with Crippen molar-refractivity contribution in [1.29, 1.82) is 0 Å². The summed E-state index contributed by atoms with van der Waals surface area (Å²) in [5.74, 6) is 0.00561. The first-order valence-electron chi connectivity index (χ1n) is 7.39. The van der Waals surface area contributed by atoms with Gasteiger partial charge in [0.05, 0.1) is 28.9 Å². The van der Waals surface area contributed by atoms with Crippen molar-refractivity contribution in [3.63, 3.8) is 0 Å². The number of hydrogen-bond donors (Lipinski definition) is 1. The number of aromatic nitrogens is 6. The molecular formula is C15H10BrN7OS2. The number of anilines is 1. The van der Waals surface area contributed by atoms with Crippen molar-refractivity contribution >= 4 is 62.0 Å². The van der Waals surface area contributed by atoms with E-state index in [4.69, 9.17) is 0 Å². The minimum absolute atomic E-state index is 0.166. The van der Waals surface area contributed by atoms with E-state index in [2.05, 4.69) is 45.5 Å². The van der Waals surface area contributed by atoms with Crippen molar-refractivity contribution in [2.75, 3.05) is 11.1 Å². The maximum atomic E-state index is 12.3. The second-order valence-electron chi connectivity index (χ2n) is 5.12. The van der Waals surface area contributed by atoms with Gasteiger partial charge in [-0.1, -0.05) is 33.8 Å². The van der Waals surface area contributed by atoms with E-state index < -0.39 is 0 Å². The Kier molecular flexibility index (Phi) is 4.91. The van der Waals surface area contributed by atoms with Gasteiger partial charge in [0.1, 0.15) is 11.0 Å². The summed E-state index contributed by atoms with van der Waals surface area (Å²) in [4.78, 5) is 12.3. The molecule has 11 heteroatoms. The molecule has 130 valence electrons. The number of thioether (sulfide) groups is 1. The van der Waals surface area contributed by atoms with Gasteiger partial charge in [0.25, 0.3) is 0 Å². The summed E-state index contributed by atoms with van der Waals surface area (Å²) in [7, 11) is 0. The lowest BCUT2D eigenvalue weighted by Crippen LogP contribution is -2.15. The molecule has 2 aromatic carbocycles. The summed E-state index contributed by atoms with van der Waals surface area (Å²) in [6.07, 6.45) is 0. The Hall–Kier alpha value is -2.37. The van der Waals surface area contributed by atoms with Crippen molar-refractivity contribution in [3.05, 3.63) is 46.9 Å². The highest BCUT2D eigenvalue weighted by molar-refractivity contribution is 9.10. The molecule has 8 nitrogen and oxygen atoms in total. The minimum Gasteiger partial charge on any atom is -0.323 e. The highest BCUT2D eigenvalue weighted by atomic mass is 79.9. The predicted octanol–water partition coefficient (Wildman–Crippen LogP) is 3.16. The molecule has 0 aliphatic rings. The maximum Gasteiger partial charge on any atom is 0.234 e. The molecule has 0 fully saturated rings. The highest BCUT2D eigenvalue weighted by Crippen LogP contribution is 2.23. The molecule has 4 rings (SSSR count). The normalized spacial score (nSPS) is 11.0. The largest absolute Gasteiger partial charge is 0.323 e. The number of fused-ring (bicyclic) bond motifs is 1. The summed E-state index contributed by atoms with van der Waals surface area (Å²) in [5.41, 5.74) is 2.92. The first-order valence-corrected chi connectivity index (χ1v) is 9.90. The van der Waals surface area contributed by atoms with E-state index in [-0.39, 0.29) is 11.7 Å². The van der Waals surface area contributed by atoms with Gasteiger partial charge in [-0.3, -0.25) is 4.79 Å². The number of carbonyl (C=O) groups is 1. The molecule has 0 atom stereocenters. The Morgan fingerprint density at radius 2 is 2.04 bits per heavy atom. The van der Waals surface area contributed by atoms with E-state index in [1.807, 2.05) is 36.4 Å². The van der Waals surface area contributed by atoms with E-state index in [0.29, 0.717) is 16.4 Å². The molecule has 0 aliphatic carbocycles. The Balaban J connectivity index is 1.45. The van der Waals surface area contributed by atoms with E-state index >= 15 is 0 Å². The number of hydrogen-bond acceptors (Lipinski definition) is 8. The van der Waals surface area contributed by atoms with Crippen LogP contribution in [0, 0.1) is 0 Å². The molecule has 26 heavy (non-hydrogen) atoms. The first kappa shape index (κ1) is 17.1. The fourth-order valence-corrected chi connectivity index (χ4v) is 3.74. The van der Waals surface area contributed by atoms with Gasteiger partial charge in [-0.15, -0.1) is 5.10 Å². The molecule has 4 aromatic rings. The molecule has 0 unspecified atom stereocenters. The highest BCUT2D eigenvalue weighted by Gasteiger charge is 2.13. The Labute approximate surface area is 164 Å². The average molecular weight is 448 g/mol. The van der Waals surface area contributed by atoms with Crippen LogP contribution in [-0.4, -0.2) is 40.6 Å². The molecule has 0 bridgehead atoms. The second kappa shape index (κ2) is 7.48. The third-order valence-electron chi connectivity index (χ3n) is 3.40. The van der Waals surface area contributed by atoms with Crippen molar-refractivity contribution in [2.24, 2.45) is 0 Å². The van der Waals surface area contributed by atoms with Gasteiger partial charge in [-0.2, -0.15) is 13.4 Å². The zero-order valence-corrected chi connectivity index (χ0v) is 16.3. The number of nitrogens with one attached hydrogen (secondary N) is 1. The number of rotatable bonds is 5. The van der Waals surface area contributed by atoms with E-state index in [1.165, 1.54) is 11.8 Å². The molecule has 0 spiro atoms. The number of amides is 1. The zero-order chi connectivity index (χ0) is 17.9. The van der Waals surface area contributed by atoms with Crippen LogP contribution < -0.4 is 5.32 Å². The van der Waals surface area contributed by atoms with Crippen molar-refractivity contribution < 1.29 is 4.79 Å². The number of halogens is 1. The van der Waals surface area contributed by atoms with Gasteiger partial charge in [0.2, 0.25) is 11.1 Å². The summed E-state index contributed by atoms with van der Waals surface area (Å²) < 4.78 is 10.9. The van der Waals surface area contributed by atoms with Crippen LogP contribution >= 0.6 is 39.4 Å². The van der Waals surface area contributed by atoms with Crippen LogP contribution in [0.15, 0.2) is 52.1 Å². The second-order valence-corrected chi connectivity index (χ2v) is 7.51. The van der Waals surface area contributed by atoms with E-state index in [9.17, 15) is 4.79 Å². The Bertz CT molecular complexity index is 1060. The van der Waals surface area contributed by atoms with Crippen molar-refractivity contribution in [1.82, 2.24) is 29.0 Å². The Morgan fingerprint density at radius 3 is 2.88 bits per heavy atom. The standard InChI is InChI=1S/C15H10BrN7OS2/c16-9-4-6-10(7-5-9)23-15(18-21-22-23)25-8-13(24)17-11-2-1-3-12-14(11)20-26-19-12/h1-7H,8H2,(H,17,24). The monoisotopic (exact) mass is 447 g/mol. The molecule has 0 aliphatic heterocycles. The number of nitrogens with zero attached hydrogens (tertiary/aromatic N) is 6. The Morgan fingerprint density at radius 1 is 1.19 bits per heavy atom. The predicted molar refractivity (Wildman–Crippen MR) is 104 cm³/mol. The average Bonchev–Trinajstić information content (AvgIpc) is 3.30. The first-order chi connectivity index (χ1) is 12.7. The van der Waals surface area contributed by atoms with Crippen molar-refractivity contribution in [2.45, 2.75) is 5.16 Å². The molecule has 0 radical (unpaired) electrons. The number of carbonyl (C=O) groups excluding carboxylic acids is 1. The molecular weight excluding hydrogens is 438 g/mol. The summed E-state index contributed by atoms with van der Waals surface area (Å²) in [6.45, 7) is 0. The van der Waals surface area contributed by atoms with Crippen LogP contribution in [0.25, 0.3) is 16.7 Å². The van der Waals surface area contributed by atoms with Crippen LogP contribution in [0.3, 0.4) is 0 Å². The fraction of sp³-hybridized carbons (Fsp3) is 0.0667. The summed E-state index contributed by atoms with van der Waals surface area (Å²) >= 11 is 5.77. The smallest absolute Gasteiger partial charge is 0.234 e. The lowest BCUT2D eigenvalue weighted by Gasteiger charge is -2.06. The molecule has 0 saturated heterocycles. The SMILES string of the molecule is O=C(CSc1nnnn1-c1ccc(Br)cc1)Nc1cccc2nsnc12. The van der Waals surface area contributed by atoms with Gasteiger partial charge >= 0.3 is 0 Å². The van der Waals surface area contributed by atoms with Gasteiger partial charge < -0.3 is 5.32 Å².